The molecule has 1 saturated carbocycles. The lowest BCUT2D eigenvalue weighted by molar-refractivity contribution is -0.137. The van der Waals surface area contributed by atoms with Gasteiger partial charge in [0.1, 0.15) is 0 Å². The van der Waals surface area contributed by atoms with Gasteiger partial charge < -0.3 is 10.1 Å². The molecule has 0 radical (unpaired) electrons. The molecule has 1 heterocycles. The van der Waals surface area contributed by atoms with E-state index in [-0.39, 0.29) is 6.10 Å². The van der Waals surface area contributed by atoms with Crippen molar-refractivity contribution in [2.24, 2.45) is 5.92 Å². The molecule has 20 heavy (non-hydrogen) atoms. The molecule has 1 aliphatic heterocycles. The SMILES string of the molecule is FC(F)(F)c1ccc(C2OCCC2CNC2CC2)cc1. The van der Waals surface area contributed by atoms with Crippen molar-refractivity contribution in [1.29, 1.82) is 0 Å². The second-order valence-corrected chi connectivity index (χ2v) is 5.64. The van der Waals surface area contributed by atoms with Gasteiger partial charge >= 0.3 is 6.18 Å². The minimum Gasteiger partial charge on any atom is -0.373 e. The monoisotopic (exact) mass is 285 g/mol. The summed E-state index contributed by atoms with van der Waals surface area (Å²) in [7, 11) is 0. The molecule has 1 N–H and O–H groups in total. The molecule has 2 fully saturated rings. The highest BCUT2D eigenvalue weighted by Gasteiger charge is 2.33. The number of hydrogen-bond donors (Lipinski definition) is 1. The molecule has 3 rings (SSSR count). The van der Waals surface area contributed by atoms with Crippen molar-refractivity contribution < 1.29 is 17.9 Å². The summed E-state index contributed by atoms with van der Waals surface area (Å²) in [5, 5.41) is 3.47. The summed E-state index contributed by atoms with van der Waals surface area (Å²) in [4.78, 5) is 0. The first-order chi connectivity index (χ1) is 9.54. The topological polar surface area (TPSA) is 21.3 Å². The molecule has 2 nitrogen and oxygen atoms in total. The minimum atomic E-state index is -4.28. The van der Waals surface area contributed by atoms with Gasteiger partial charge in [-0.1, -0.05) is 12.1 Å². The van der Waals surface area contributed by atoms with Crippen molar-refractivity contribution in [3.05, 3.63) is 35.4 Å². The van der Waals surface area contributed by atoms with E-state index >= 15 is 0 Å². The molecule has 1 aromatic rings. The lowest BCUT2D eigenvalue weighted by Gasteiger charge is -2.20. The van der Waals surface area contributed by atoms with Crippen LogP contribution in [0.4, 0.5) is 13.2 Å². The number of benzene rings is 1. The summed E-state index contributed by atoms with van der Waals surface area (Å²) >= 11 is 0. The van der Waals surface area contributed by atoms with Crippen molar-refractivity contribution >= 4 is 0 Å². The van der Waals surface area contributed by atoms with Gasteiger partial charge in [-0.3, -0.25) is 0 Å². The number of halogens is 3. The Bertz CT molecular complexity index is 453. The van der Waals surface area contributed by atoms with Gasteiger partial charge in [-0.15, -0.1) is 0 Å². The van der Waals surface area contributed by atoms with E-state index in [0.29, 0.717) is 18.6 Å². The summed E-state index contributed by atoms with van der Waals surface area (Å²) in [6, 6.07) is 6.01. The lowest BCUT2D eigenvalue weighted by Crippen LogP contribution is -2.26. The van der Waals surface area contributed by atoms with Gasteiger partial charge in [0.2, 0.25) is 0 Å². The second kappa shape index (κ2) is 5.37. The van der Waals surface area contributed by atoms with Crippen molar-refractivity contribution in [3.8, 4) is 0 Å². The molecule has 110 valence electrons. The Morgan fingerprint density at radius 3 is 2.40 bits per heavy atom. The fraction of sp³-hybridized carbons (Fsp3) is 0.600. The van der Waals surface area contributed by atoms with Crippen LogP contribution in [-0.2, 0) is 10.9 Å². The van der Waals surface area contributed by atoms with Gasteiger partial charge in [-0.05, 0) is 37.0 Å². The Morgan fingerprint density at radius 2 is 1.80 bits per heavy atom. The molecule has 0 amide bonds. The van der Waals surface area contributed by atoms with Gasteiger partial charge in [0, 0.05) is 25.1 Å². The predicted octanol–water partition coefficient (Wildman–Crippen LogP) is 3.54. The van der Waals surface area contributed by atoms with Crippen LogP contribution >= 0.6 is 0 Å². The third-order valence-corrected chi connectivity index (χ3v) is 4.03. The first-order valence-corrected chi connectivity index (χ1v) is 7.06. The van der Waals surface area contributed by atoms with E-state index in [2.05, 4.69) is 5.32 Å². The van der Waals surface area contributed by atoms with E-state index < -0.39 is 11.7 Å². The Balaban J connectivity index is 1.67. The molecule has 2 unspecified atom stereocenters. The van der Waals surface area contributed by atoms with Crippen molar-refractivity contribution in [1.82, 2.24) is 5.32 Å². The zero-order valence-electron chi connectivity index (χ0n) is 11.1. The van der Waals surface area contributed by atoms with Crippen molar-refractivity contribution in [2.75, 3.05) is 13.2 Å². The van der Waals surface area contributed by atoms with Crippen LogP contribution in [0.1, 0.15) is 36.5 Å². The first-order valence-electron chi connectivity index (χ1n) is 7.06. The quantitative estimate of drug-likeness (QED) is 0.913. The smallest absolute Gasteiger partial charge is 0.373 e. The normalized spacial score (nSPS) is 26.9. The highest BCUT2D eigenvalue weighted by molar-refractivity contribution is 5.27. The fourth-order valence-corrected chi connectivity index (χ4v) is 2.68. The van der Waals surface area contributed by atoms with E-state index in [0.717, 1.165) is 30.7 Å². The molecule has 2 atom stereocenters. The van der Waals surface area contributed by atoms with Gasteiger partial charge in [-0.2, -0.15) is 13.2 Å². The molecule has 0 bridgehead atoms. The third kappa shape index (κ3) is 3.15. The molecule has 0 aromatic heterocycles. The van der Waals surface area contributed by atoms with E-state index in [9.17, 15) is 13.2 Å². The van der Waals surface area contributed by atoms with Crippen molar-refractivity contribution in [3.63, 3.8) is 0 Å². The third-order valence-electron chi connectivity index (χ3n) is 4.03. The maximum absolute atomic E-state index is 12.5. The second-order valence-electron chi connectivity index (χ2n) is 5.64. The van der Waals surface area contributed by atoms with Crippen LogP contribution in [-0.4, -0.2) is 19.2 Å². The Morgan fingerprint density at radius 1 is 1.10 bits per heavy atom. The summed E-state index contributed by atoms with van der Waals surface area (Å²) in [5.41, 5.74) is 0.241. The number of nitrogens with one attached hydrogen (secondary N) is 1. The Hall–Kier alpha value is -1.07. The molecule has 1 saturated heterocycles. The largest absolute Gasteiger partial charge is 0.416 e. The van der Waals surface area contributed by atoms with Gasteiger partial charge in [0.25, 0.3) is 0 Å². The Labute approximate surface area is 116 Å². The molecule has 2 aliphatic rings. The zero-order valence-corrected chi connectivity index (χ0v) is 11.1. The average Bonchev–Trinajstić information content (AvgIpc) is 3.12. The average molecular weight is 285 g/mol. The van der Waals surface area contributed by atoms with E-state index in [1.54, 1.807) is 12.1 Å². The standard InChI is InChI=1S/C15H18F3NO/c16-15(17,18)12-3-1-10(2-4-12)14-11(7-8-20-14)9-19-13-5-6-13/h1-4,11,13-14,19H,5-9H2. The maximum atomic E-state index is 12.5. The number of alkyl halides is 3. The summed E-state index contributed by atoms with van der Waals surface area (Å²) in [6.07, 6.45) is -0.923. The van der Waals surface area contributed by atoms with Crippen LogP contribution in [0.5, 0.6) is 0 Å². The van der Waals surface area contributed by atoms with Crippen LogP contribution in [0.15, 0.2) is 24.3 Å². The Kier molecular flexibility index (Phi) is 3.73. The first kappa shape index (κ1) is 13.9. The van der Waals surface area contributed by atoms with Crippen LogP contribution in [0.2, 0.25) is 0 Å². The van der Waals surface area contributed by atoms with Gasteiger partial charge in [-0.25, -0.2) is 0 Å². The minimum absolute atomic E-state index is 0.0801. The number of ether oxygens (including phenoxy) is 1. The molecular weight excluding hydrogens is 267 g/mol. The zero-order chi connectivity index (χ0) is 14.2. The van der Waals surface area contributed by atoms with E-state index in [1.807, 2.05) is 0 Å². The van der Waals surface area contributed by atoms with Crippen LogP contribution < -0.4 is 5.32 Å². The highest BCUT2D eigenvalue weighted by Crippen LogP contribution is 2.36. The molecule has 1 aromatic carbocycles. The highest BCUT2D eigenvalue weighted by atomic mass is 19.4. The van der Waals surface area contributed by atoms with Crippen LogP contribution in [0, 0.1) is 5.92 Å². The lowest BCUT2D eigenvalue weighted by atomic mass is 9.94. The van der Waals surface area contributed by atoms with Crippen LogP contribution in [0.3, 0.4) is 0 Å². The number of hydrogen-bond acceptors (Lipinski definition) is 2. The maximum Gasteiger partial charge on any atom is 0.416 e. The summed E-state index contributed by atoms with van der Waals surface area (Å²) in [5.74, 6) is 0.354. The van der Waals surface area contributed by atoms with Gasteiger partial charge in [0.15, 0.2) is 0 Å². The number of rotatable bonds is 4. The van der Waals surface area contributed by atoms with Crippen molar-refractivity contribution in [2.45, 2.75) is 37.6 Å². The molecular formula is C15H18F3NO. The summed E-state index contributed by atoms with van der Waals surface area (Å²) in [6.45, 7) is 1.57. The van der Waals surface area contributed by atoms with Crippen LogP contribution in [0.25, 0.3) is 0 Å². The molecule has 5 heteroatoms. The van der Waals surface area contributed by atoms with Gasteiger partial charge in [0.05, 0.1) is 11.7 Å². The van der Waals surface area contributed by atoms with E-state index in [4.69, 9.17) is 4.74 Å². The fourth-order valence-electron chi connectivity index (χ4n) is 2.68. The molecule has 1 aliphatic carbocycles. The predicted molar refractivity (Wildman–Crippen MR) is 69.3 cm³/mol. The van der Waals surface area contributed by atoms with E-state index in [1.165, 1.54) is 12.8 Å². The summed E-state index contributed by atoms with van der Waals surface area (Å²) < 4.78 is 43.4. The molecule has 0 spiro atoms.